The molecular weight excluding hydrogens is 422 g/mol. The highest BCUT2D eigenvalue weighted by Crippen LogP contribution is 2.66. The highest BCUT2D eigenvalue weighted by molar-refractivity contribution is 6.30. The molecule has 2 N–H and O–H groups in total. The second-order valence-electron chi connectivity index (χ2n) is 11.1. The quantitative estimate of drug-likeness (QED) is 0.627. The molecule has 6 atom stereocenters. The third-order valence-corrected chi connectivity index (χ3v) is 9.78. The van der Waals surface area contributed by atoms with Crippen LogP contribution in [0.15, 0.2) is 28.9 Å². The molecule has 0 radical (unpaired) electrons. The molecule has 0 bridgehead atoms. The van der Waals surface area contributed by atoms with E-state index in [0.29, 0.717) is 42.3 Å². The van der Waals surface area contributed by atoms with Crippen LogP contribution in [0.2, 0.25) is 0 Å². The molecule has 2 heterocycles. The summed E-state index contributed by atoms with van der Waals surface area (Å²) in [6.07, 6.45) is 7.46. The SMILES string of the molecule is Cc1cccc(NC(=O)C[C@H]2CC[C@H]3[C@@H]4CC(Cl)=C5NC(=O)CC[C@]5(C)[C@H]4CC[C@]23C)n1. The number of rotatable bonds is 3. The van der Waals surface area contributed by atoms with Gasteiger partial charge in [-0.1, -0.05) is 31.5 Å². The number of hydrogen-bond donors (Lipinski definition) is 2. The lowest BCUT2D eigenvalue weighted by Crippen LogP contribution is -2.54. The van der Waals surface area contributed by atoms with Gasteiger partial charge in [-0.25, -0.2) is 4.98 Å². The van der Waals surface area contributed by atoms with Crippen LogP contribution in [0, 0.1) is 41.4 Å². The Morgan fingerprint density at radius 2 is 2.03 bits per heavy atom. The topological polar surface area (TPSA) is 71.1 Å². The number of nitrogens with one attached hydrogen (secondary N) is 2. The van der Waals surface area contributed by atoms with Crippen molar-refractivity contribution in [2.45, 2.75) is 72.1 Å². The van der Waals surface area contributed by atoms with Gasteiger partial charge in [-0.3, -0.25) is 9.59 Å². The van der Waals surface area contributed by atoms with E-state index in [9.17, 15) is 9.59 Å². The van der Waals surface area contributed by atoms with E-state index in [2.05, 4.69) is 29.5 Å². The zero-order valence-corrected chi connectivity index (χ0v) is 20.1. The van der Waals surface area contributed by atoms with Gasteiger partial charge in [0.25, 0.3) is 0 Å². The average molecular weight is 456 g/mol. The zero-order valence-electron chi connectivity index (χ0n) is 19.3. The molecule has 0 aromatic carbocycles. The third-order valence-electron chi connectivity index (χ3n) is 9.43. The van der Waals surface area contributed by atoms with Crippen LogP contribution in [-0.2, 0) is 9.59 Å². The average Bonchev–Trinajstić information content (AvgIpc) is 3.06. The Kier molecular flexibility index (Phi) is 5.39. The van der Waals surface area contributed by atoms with Gasteiger partial charge in [0, 0.05) is 34.7 Å². The van der Waals surface area contributed by atoms with Crippen molar-refractivity contribution in [2.75, 3.05) is 5.32 Å². The van der Waals surface area contributed by atoms with E-state index >= 15 is 0 Å². The molecule has 5 rings (SSSR count). The maximum Gasteiger partial charge on any atom is 0.225 e. The predicted octanol–water partition coefficient (Wildman–Crippen LogP) is 5.55. The normalized spacial score (nSPS) is 38.4. The molecule has 0 unspecified atom stereocenters. The van der Waals surface area contributed by atoms with Crippen molar-refractivity contribution in [3.63, 3.8) is 0 Å². The van der Waals surface area contributed by atoms with Crippen LogP contribution in [0.4, 0.5) is 5.82 Å². The molecule has 1 saturated heterocycles. The largest absolute Gasteiger partial charge is 0.328 e. The lowest BCUT2D eigenvalue weighted by atomic mass is 9.49. The molecule has 172 valence electrons. The predicted molar refractivity (Wildman–Crippen MR) is 126 cm³/mol. The van der Waals surface area contributed by atoms with Crippen molar-refractivity contribution in [3.05, 3.63) is 34.6 Å². The molecule has 3 fully saturated rings. The minimum atomic E-state index is -0.0262. The van der Waals surface area contributed by atoms with Crippen LogP contribution in [0.1, 0.15) is 70.9 Å². The lowest BCUT2D eigenvalue weighted by molar-refractivity contribution is -0.125. The Morgan fingerprint density at radius 1 is 1.22 bits per heavy atom. The summed E-state index contributed by atoms with van der Waals surface area (Å²) in [7, 11) is 0. The summed E-state index contributed by atoms with van der Waals surface area (Å²) in [5, 5.41) is 7.00. The number of anilines is 1. The Morgan fingerprint density at radius 3 is 2.81 bits per heavy atom. The number of nitrogens with zero attached hydrogens (tertiary/aromatic N) is 1. The first-order chi connectivity index (χ1) is 15.2. The molecule has 2 saturated carbocycles. The zero-order chi connectivity index (χ0) is 22.7. The number of halogens is 1. The van der Waals surface area contributed by atoms with E-state index in [1.54, 1.807) is 0 Å². The Bertz CT molecular complexity index is 991. The number of carbonyl (C=O) groups excluding carboxylic acids is 2. The van der Waals surface area contributed by atoms with Crippen LogP contribution in [0.5, 0.6) is 0 Å². The summed E-state index contributed by atoms with van der Waals surface area (Å²) in [6, 6.07) is 5.71. The van der Waals surface area contributed by atoms with Gasteiger partial charge < -0.3 is 10.6 Å². The lowest BCUT2D eigenvalue weighted by Gasteiger charge is -2.57. The van der Waals surface area contributed by atoms with Gasteiger partial charge >= 0.3 is 0 Å². The summed E-state index contributed by atoms with van der Waals surface area (Å²) in [6.45, 7) is 6.67. The minimum Gasteiger partial charge on any atom is -0.328 e. The third kappa shape index (κ3) is 3.48. The molecule has 2 amide bonds. The van der Waals surface area contributed by atoms with Crippen molar-refractivity contribution >= 4 is 29.2 Å². The molecule has 1 aliphatic heterocycles. The minimum absolute atomic E-state index is 0.0262. The van der Waals surface area contributed by atoms with E-state index in [4.69, 9.17) is 11.6 Å². The van der Waals surface area contributed by atoms with Crippen molar-refractivity contribution in [3.8, 4) is 0 Å². The number of pyridine rings is 1. The molecule has 3 aliphatic carbocycles. The first-order valence-electron chi connectivity index (χ1n) is 12.1. The fourth-order valence-electron chi connectivity index (χ4n) is 7.74. The first-order valence-corrected chi connectivity index (χ1v) is 12.5. The molecule has 32 heavy (non-hydrogen) atoms. The van der Waals surface area contributed by atoms with Gasteiger partial charge in [-0.2, -0.15) is 0 Å². The summed E-state index contributed by atoms with van der Waals surface area (Å²) in [5.74, 6) is 2.89. The maximum atomic E-state index is 12.9. The van der Waals surface area contributed by atoms with E-state index in [1.165, 1.54) is 6.42 Å². The smallest absolute Gasteiger partial charge is 0.225 e. The summed E-state index contributed by atoms with van der Waals surface area (Å²) in [4.78, 5) is 29.3. The number of hydrogen-bond acceptors (Lipinski definition) is 3. The molecule has 1 aromatic rings. The molecule has 0 spiro atoms. The fraction of sp³-hybridized carbons (Fsp3) is 0.654. The highest BCUT2D eigenvalue weighted by atomic mass is 35.5. The number of carbonyl (C=O) groups is 2. The van der Waals surface area contributed by atoms with E-state index in [0.717, 1.165) is 48.5 Å². The molecule has 5 nitrogen and oxygen atoms in total. The number of fused-ring (bicyclic) bond motifs is 5. The molecular formula is C26H34ClN3O2. The fourth-order valence-corrected chi connectivity index (χ4v) is 8.18. The molecule has 4 aliphatic rings. The number of aromatic nitrogens is 1. The monoisotopic (exact) mass is 455 g/mol. The second kappa shape index (κ2) is 7.86. The number of amides is 2. The van der Waals surface area contributed by atoms with Crippen molar-refractivity contribution in [2.24, 2.45) is 34.5 Å². The van der Waals surface area contributed by atoms with Crippen LogP contribution in [-0.4, -0.2) is 16.8 Å². The van der Waals surface area contributed by atoms with E-state index < -0.39 is 0 Å². The van der Waals surface area contributed by atoms with Crippen molar-refractivity contribution in [1.29, 1.82) is 0 Å². The standard InChI is InChI=1S/C26H34ClN3O2/c1-15-5-4-6-21(28-15)29-23(32)13-16-7-8-18-17-14-20(27)24-26(3,12-10-22(31)30-24)19(17)9-11-25(16,18)2/h4-6,16-19H,7-14H2,1-3H3,(H,30,31)(H,28,29,32)/t16-,17+,18+,19+,25-,26-/m1/s1. The van der Waals surface area contributed by atoms with Gasteiger partial charge in [0.1, 0.15) is 5.82 Å². The Labute approximate surface area is 195 Å². The Balaban J connectivity index is 1.33. The number of piperidine rings is 1. The van der Waals surface area contributed by atoms with Crippen LogP contribution in [0.25, 0.3) is 0 Å². The van der Waals surface area contributed by atoms with Gasteiger partial charge in [0.15, 0.2) is 0 Å². The van der Waals surface area contributed by atoms with E-state index in [-0.39, 0.29) is 22.6 Å². The maximum absolute atomic E-state index is 12.9. The molecule has 6 heteroatoms. The van der Waals surface area contributed by atoms with Crippen LogP contribution >= 0.6 is 11.6 Å². The van der Waals surface area contributed by atoms with Crippen LogP contribution in [0.3, 0.4) is 0 Å². The van der Waals surface area contributed by atoms with Gasteiger partial charge in [0.05, 0.1) is 0 Å². The summed E-state index contributed by atoms with van der Waals surface area (Å²) in [5.41, 5.74) is 2.05. The summed E-state index contributed by atoms with van der Waals surface area (Å²) >= 11 is 6.82. The molecule has 1 aromatic heterocycles. The number of aryl methyl sites for hydroxylation is 1. The van der Waals surface area contributed by atoms with Crippen LogP contribution < -0.4 is 10.6 Å². The van der Waals surface area contributed by atoms with E-state index in [1.807, 2.05) is 25.1 Å². The van der Waals surface area contributed by atoms with Crippen molar-refractivity contribution in [1.82, 2.24) is 10.3 Å². The summed E-state index contributed by atoms with van der Waals surface area (Å²) < 4.78 is 0. The van der Waals surface area contributed by atoms with Gasteiger partial charge in [-0.15, -0.1) is 0 Å². The van der Waals surface area contributed by atoms with Gasteiger partial charge in [0.2, 0.25) is 11.8 Å². The van der Waals surface area contributed by atoms with Crippen molar-refractivity contribution < 1.29 is 9.59 Å². The second-order valence-corrected chi connectivity index (χ2v) is 11.5. The van der Waals surface area contributed by atoms with Gasteiger partial charge in [-0.05, 0) is 86.7 Å². The highest BCUT2D eigenvalue weighted by Gasteiger charge is 2.59. The Hall–Kier alpha value is -1.88. The first kappa shape index (κ1) is 21.9. The number of allylic oxidation sites excluding steroid dienone is 2.